The van der Waals surface area contributed by atoms with E-state index in [1.54, 1.807) is 51.1 Å². The molecule has 0 aliphatic rings. The molecule has 0 N–H and O–H groups in total. The molecule has 27 heavy (non-hydrogen) atoms. The normalized spacial score (nSPS) is 11.6. The molecule has 0 saturated heterocycles. The van der Waals surface area contributed by atoms with Crippen LogP contribution in [-0.2, 0) is 9.53 Å². The number of unbranched alkanes of at least 4 members (excludes halogenated alkanes) is 6. The predicted molar refractivity (Wildman–Crippen MR) is 110 cm³/mol. The molecule has 1 rings (SSSR count). The first kappa shape index (κ1) is 22.9. The summed E-state index contributed by atoms with van der Waals surface area (Å²) < 4.78 is 10.4. The number of benzene rings is 1. The Kier molecular flexibility index (Phi) is 10.5. The molecule has 0 atom stereocenters. The van der Waals surface area contributed by atoms with Crippen molar-refractivity contribution < 1.29 is 19.1 Å². The maximum Gasteiger partial charge on any atom is 0.514 e. The number of ketones is 1. The van der Waals surface area contributed by atoms with Crippen molar-refractivity contribution in [3.63, 3.8) is 0 Å². The Labute approximate surface area is 163 Å². The highest BCUT2D eigenvalue weighted by molar-refractivity contribution is 5.93. The van der Waals surface area contributed by atoms with Crippen molar-refractivity contribution in [2.24, 2.45) is 0 Å². The van der Waals surface area contributed by atoms with Crippen LogP contribution in [-0.4, -0.2) is 17.5 Å². The Balaban J connectivity index is 2.46. The van der Waals surface area contributed by atoms with Gasteiger partial charge in [0.05, 0.1) is 0 Å². The SMILES string of the molecule is CCCCCCCCCC(=O)/C=C/c1ccccc1OC(=O)OC(C)(C)C. The van der Waals surface area contributed by atoms with Crippen LogP contribution < -0.4 is 4.74 Å². The number of allylic oxidation sites excluding steroid dienone is 1. The van der Waals surface area contributed by atoms with Gasteiger partial charge in [-0.1, -0.05) is 63.6 Å². The standard InChI is InChI=1S/C23H34O4/c1-5-6-7-8-9-10-11-15-20(24)18-17-19-14-12-13-16-21(19)26-22(25)27-23(2,3)4/h12-14,16-18H,5-11,15H2,1-4H3/b18-17+. The van der Waals surface area contributed by atoms with E-state index in [4.69, 9.17) is 9.47 Å². The maximum atomic E-state index is 12.1. The molecule has 4 nitrogen and oxygen atoms in total. The number of hydrogen-bond donors (Lipinski definition) is 0. The topological polar surface area (TPSA) is 52.6 Å². The lowest BCUT2D eigenvalue weighted by molar-refractivity contribution is -0.114. The molecule has 4 heteroatoms. The molecular weight excluding hydrogens is 340 g/mol. The van der Waals surface area contributed by atoms with Gasteiger partial charge in [0.1, 0.15) is 11.4 Å². The molecule has 0 fully saturated rings. The Morgan fingerprint density at radius 1 is 0.963 bits per heavy atom. The van der Waals surface area contributed by atoms with Crippen molar-refractivity contribution in [2.45, 2.75) is 84.7 Å². The van der Waals surface area contributed by atoms with Gasteiger partial charge in [-0.25, -0.2) is 4.79 Å². The van der Waals surface area contributed by atoms with E-state index in [1.807, 2.05) is 6.07 Å². The number of rotatable bonds is 11. The molecule has 0 bridgehead atoms. The van der Waals surface area contributed by atoms with E-state index >= 15 is 0 Å². The van der Waals surface area contributed by atoms with Crippen molar-refractivity contribution in [1.82, 2.24) is 0 Å². The van der Waals surface area contributed by atoms with Crippen LogP contribution in [0.5, 0.6) is 5.75 Å². The van der Waals surface area contributed by atoms with Gasteiger partial charge in [-0.15, -0.1) is 0 Å². The van der Waals surface area contributed by atoms with Gasteiger partial charge in [-0.3, -0.25) is 4.79 Å². The van der Waals surface area contributed by atoms with Gasteiger partial charge in [-0.2, -0.15) is 0 Å². The van der Waals surface area contributed by atoms with E-state index in [0.29, 0.717) is 17.7 Å². The van der Waals surface area contributed by atoms with E-state index in [1.165, 1.54) is 32.1 Å². The van der Waals surface area contributed by atoms with E-state index in [9.17, 15) is 9.59 Å². The summed E-state index contributed by atoms with van der Waals surface area (Å²) in [4.78, 5) is 23.9. The smallest absolute Gasteiger partial charge is 0.428 e. The molecule has 0 amide bonds. The van der Waals surface area contributed by atoms with Gasteiger partial charge < -0.3 is 9.47 Å². The predicted octanol–water partition coefficient (Wildman–Crippen LogP) is 6.72. The van der Waals surface area contributed by atoms with Gasteiger partial charge >= 0.3 is 6.16 Å². The maximum absolute atomic E-state index is 12.1. The summed E-state index contributed by atoms with van der Waals surface area (Å²) in [6.07, 6.45) is 11.4. The van der Waals surface area contributed by atoms with Crippen LogP contribution in [0.15, 0.2) is 30.3 Å². The molecule has 0 radical (unpaired) electrons. The summed E-state index contributed by atoms with van der Waals surface area (Å²) >= 11 is 0. The van der Waals surface area contributed by atoms with Crippen molar-refractivity contribution in [3.8, 4) is 5.75 Å². The molecule has 1 aromatic carbocycles. The molecule has 0 aromatic heterocycles. The van der Waals surface area contributed by atoms with Crippen LogP contribution in [0.3, 0.4) is 0 Å². The molecular formula is C23H34O4. The van der Waals surface area contributed by atoms with Crippen LogP contribution in [0.4, 0.5) is 4.79 Å². The molecule has 0 spiro atoms. The van der Waals surface area contributed by atoms with Gasteiger partial charge in [0, 0.05) is 12.0 Å². The van der Waals surface area contributed by atoms with Crippen molar-refractivity contribution in [2.75, 3.05) is 0 Å². The fraction of sp³-hybridized carbons (Fsp3) is 0.565. The third kappa shape index (κ3) is 11.3. The summed E-state index contributed by atoms with van der Waals surface area (Å²) in [5.74, 6) is 0.474. The number of carbonyl (C=O) groups excluding carboxylic acids is 2. The van der Waals surface area contributed by atoms with Crippen LogP contribution in [0, 0.1) is 0 Å². The Hall–Kier alpha value is -2.10. The second-order valence-electron chi connectivity index (χ2n) is 7.78. The Morgan fingerprint density at radius 2 is 1.59 bits per heavy atom. The Bertz CT molecular complexity index is 611. The molecule has 0 saturated carbocycles. The highest BCUT2D eigenvalue weighted by Gasteiger charge is 2.18. The average molecular weight is 375 g/mol. The van der Waals surface area contributed by atoms with Gasteiger partial charge in [-0.05, 0) is 45.4 Å². The largest absolute Gasteiger partial charge is 0.514 e. The lowest BCUT2D eigenvalue weighted by Crippen LogP contribution is -2.26. The van der Waals surface area contributed by atoms with Gasteiger partial charge in [0.25, 0.3) is 0 Å². The first-order chi connectivity index (χ1) is 12.8. The molecule has 0 aliphatic carbocycles. The van der Waals surface area contributed by atoms with E-state index in [0.717, 1.165) is 12.8 Å². The highest BCUT2D eigenvalue weighted by Crippen LogP contribution is 2.21. The monoisotopic (exact) mass is 374 g/mol. The highest BCUT2D eigenvalue weighted by atomic mass is 16.7. The minimum absolute atomic E-state index is 0.0932. The second-order valence-corrected chi connectivity index (χ2v) is 7.78. The van der Waals surface area contributed by atoms with Crippen LogP contribution >= 0.6 is 0 Å². The number of hydrogen-bond acceptors (Lipinski definition) is 4. The fourth-order valence-electron chi connectivity index (χ4n) is 2.59. The summed E-state index contributed by atoms with van der Waals surface area (Å²) in [7, 11) is 0. The first-order valence-corrected chi connectivity index (χ1v) is 10.0. The first-order valence-electron chi connectivity index (χ1n) is 10.0. The van der Waals surface area contributed by atoms with Crippen molar-refractivity contribution in [3.05, 3.63) is 35.9 Å². The molecule has 1 aromatic rings. The summed E-state index contributed by atoms with van der Waals surface area (Å²) in [5.41, 5.74) is 0.0604. The Morgan fingerprint density at radius 3 is 2.26 bits per heavy atom. The summed E-state index contributed by atoms with van der Waals surface area (Å²) in [5, 5.41) is 0. The average Bonchev–Trinajstić information content (AvgIpc) is 2.58. The van der Waals surface area contributed by atoms with Crippen LogP contribution in [0.1, 0.15) is 84.6 Å². The molecule has 0 unspecified atom stereocenters. The van der Waals surface area contributed by atoms with Crippen molar-refractivity contribution >= 4 is 18.0 Å². The van der Waals surface area contributed by atoms with Crippen molar-refractivity contribution in [1.29, 1.82) is 0 Å². The minimum atomic E-state index is -0.752. The number of ether oxygens (including phenoxy) is 2. The quantitative estimate of drug-likeness (QED) is 0.187. The lowest BCUT2D eigenvalue weighted by Gasteiger charge is -2.19. The minimum Gasteiger partial charge on any atom is -0.428 e. The van der Waals surface area contributed by atoms with Gasteiger partial charge in [0.15, 0.2) is 5.78 Å². The van der Waals surface area contributed by atoms with Crippen LogP contribution in [0.2, 0.25) is 0 Å². The van der Waals surface area contributed by atoms with Crippen LogP contribution in [0.25, 0.3) is 6.08 Å². The van der Waals surface area contributed by atoms with E-state index in [2.05, 4.69) is 6.92 Å². The molecule has 150 valence electrons. The van der Waals surface area contributed by atoms with Gasteiger partial charge in [0.2, 0.25) is 0 Å². The van der Waals surface area contributed by atoms with E-state index < -0.39 is 11.8 Å². The molecule has 0 aliphatic heterocycles. The number of para-hydroxylation sites is 1. The number of carbonyl (C=O) groups is 2. The molecule has 0 heterocycles. The fourth-order valence-corrected chi connectivity index (χ4v) is 2.59. The second kappa shape index (κ2) is 12.3. The zero-order valence-corrected chi connectivity index (χ0v) is 17.3. The van der Waals surface area contributed by atoms with E-state index in [-0.39, 0.29) is 5.78 Å². The third-order valence-electron chi connectivity index (χ3n) is 3.98. The zero-order chi connectivity index (χ0) is 20.1. The summed E-state index contributed by atoms with van der Waals surface area (Å²) in [6, 6.07) is 7.10. The zero-order valence-electron chi connectivity index (χ0n) is 17.3. The third-order valence-corrected chi connectivity index (χ3v) is 3.98. The lowest BCUT2D eigenvalue weighted by atomic mass is 10.1. The summed E-state index contributed by atoms with van der Waals surface area (Å²) in [6.45, 7) is 7.55.